The first kappa shape index (κ1) is 16.2. The maximum atomic E-state index is 12.6. The molecule has 0 aliphatic carbocycles. The van der Waals surface area contributed by atoms with E-state index in [0.717, 1.165) is 0 Å². The molecule has 0 aromatic carbocycles. The first-order chi connectivity index (χ1) is 11.3. The SMILES string of the molecule is Cn1ncc(C(=O)NC2CCN(C(C)(C)C)C2=O)c1-n1cnnc1. The van der Waals surface area contributed by atoms with Gasteiger partial charge in [-0.15, -0.1) is 10.2 Å². The van der Waals surface area contributed by atoms with E-state index in [0.29, 0.717) is 24.3 Å². The Bertz CT molecular complexity index is 757. The maximum absolute atomic E-state index is 12.6. The van der Waals surface area contributed by atoms with Gasteiger partial charge in [0.1, 0.15) is 30.1 Å². The number of aromatic nitrogens is 5. The highest BCUT2D eigenvalue weighted by Crippen LogP contribution is 2.22. The fraction of sp³-hybridized carbons (Fsp3) is 0.533. The zero-order valence-electron chi connectivity index (χ0n) is 14.2. The van der Waals surface area contributed by atoms with Crippen LogP contribution in [0.1, 0.15) is 37.6 Å². The Morgan fingerprint density at radius 2 is 1.96 bits per heavy atom. The number of aryl methyl sites for hydroxylation is 1. The van der Waals surface area contributed by atoms with E-state index in [1.807, 2.05) is 20.8 Å². The summed E-state index contributed by atoms with van der Waals surface area (Å²) in [5.41, 5.74) is 0.123. The van der Waals surface area contributed by atoms with E-state index in [1.54, 1.807) is 21.2 Å². The Morgan fingerprint density at radius 1 is 1.29 bits per heavy atom. The van der Waals surface area contributed by atoms with Crippen molar-refractivity contribution in [2.24, 2.45) is 7.05 Å². The minimum absolute atomic E-state index is 0.0504. The molecule has 0 saturated carbocycles. The molecule has 3 heterocycles. The van der Waals surface area contributed by atoms with Gasteiger partial charge in [0.15, 0.2) is 0 Å². The van der Waals surface area contributed by atoms with Gasteiger partial charge in [0.2, 0.25) is 5.91 Å². The molecule has 9 heteroatoms. The molecule has 3 rings (SSSR count). The van der Waals surface area contributed by atoms with Crippen molar-refractivity contribution in [2.75, 3.05) is 6.54 Å². The van der Waals surface area contributed by atoms with Gasteiger partial charge in [-0.05, 0) is 27.2 Å². The Labute approximate surface area is 139 Å². The fourth-order valence-corrected chi connectivity index (χ4v) is 2.92. The van der Waals surface area contributed by atoms with Crippen LogP contribution in [0.15, 0.2) is 18.9 Å². The molecule has 24 heavy (non-hydrogen) atoms. The number of carbonyl (C=O) groups excluding carboxylic acids is 2. The minimum atomic E-state index is -0.509. The largest absolute Gasteiger partial charge is 0.340 e. The molecule has 0 bridgehead atoms. The molecule has 2 amide bonds. The van der Waals surface area contributed by atoms with Gasteiger partial charge in [-0.1, -0.05) is 0 Å². The standard InChI is InChI=1S/C15H21N7O2/c1-15(2,3)22-6-5-11(14(22)24)19-12(23)10-7-18-20(4)13(10)21-8-16-17-9-21/h7-9,11H,5-6H2,1-4H3,(H,19,23). The second kappa shape index (κ2) is 5.73. The Kier molecular flexibility index (Phi) is 3.86. The quantitative estimate of drug-likeness (QED) is 0.862. The number of hydrogen-bond acceptors (Lipinski definition) is 5. The van der Waals surface area contributed by atoms with Crippen molar-refractivity contribution < 1.29 is 9.59 Å². The molecule has 9 nitrogen and oxygen atoms in total. The molecular formula is C15H21N7O2. The Balaban J connectivity index is 1.79. The van der Waals surface area contributed by atoms with Gasteiger partial charge < -0.3 is 10.2 Å². The first-order valence-corrected chi connectivity index (χ1v) is 7.78. The average molecular weight is 331 g/mol. The Morgan fingerprint density at radius 3 is 2.54 bits per heavy atom. The van der Waals surface area contributed by atoms with Crippen LogP contribution in [0.2, 0.25) is 0 Å². The highest BCUT2D eigenvalue weighted by molar-refractivity contribution is 6.00. The summed E-state index contributed by atoms with van der Waals surface area (Å²) < 4.78 is 3.18. The van der Waals surface area contributed by atoms with Gasteiger partial charge in [0, 0.05) is 19.1 Å². The molecule has 1 aliphatic heterocycles. The van der Waals surface area contributed by atoms with Crippen molar-refractivity contribution in [2.45, 2.75) is 38.8 Å². The number of nitrogens with zero attached hydrogens (tertiary/aromatic N) is 6. The number of carbonyl (C=O) groups is 2. The zero-order chi connectivity index (χ0) is 17.5. The van der Waals surface area contributed by atoms with Crippen LogP contribution >= 0.6 is 0 Å². The molecule has 2 aromatic rings. The van der Waals surface area contributed by atoms with Gasteiger partial charge in [-0.2, -0.15) is 5.10 Å². The van der Waals surface area contributed by atoms with Crippen LogP contribution in [0, 0.1) is 0 Å². The molecule has 1 unspecified atom stereocenters. The van der Waals surface area contributed by atoms with Gasteiger partial charge in [-0.25, -0.2) is 0 Å². The van der Waals surface area contributed by atoms with E-state index < -0.39 is 6.04 Å². The predicted molar refractivity (Wildman–Crippen MR) is 85.5 cm³/mol. The van der Waals surface area contributed by atoms with E-state index in [4.69, 9.17) is 0 Å². The summed E-state index contributed by atoms with van der Waals surface area (Å²) in [4.78, 5) is 26.9. The second-order valence-electron chi connectivity index (χ2n) is 6.85. The van der Waals surface area contributed by atoms with Crippen LogP contribution in [-0.4, -0.2) is 59.4 Å². The van der Waals surface area contributed by atoms with E-state index in [2.05, 4.69) is 20.6 Å². The minimum Gasteiger partial charge on any atom is -0.340 e. The lowest BCUT2D eigenvalue weighted by atomic mass is 10.1. The van der Waals surface area contributed by atoms with Gasteiger partial charge in [0.05, 0.1) is 6.20 Å². The van der Waals surface area contributed by atoms with Crippen LogP contribution in [-0.2, 0) is 11.8 Å². The summed E-state index contributed by atoms with van der Waals surface area (Å²) in [6.45, 7) is 6.60. The number of amides is 2. The highest BCUT2D eigenvalue weighted by atomic mass is 16.2. The van der Waals surface area contributed by atoms with Crippen LogP contribution in [0.3, 0.4) is 0 Å². The summed E-state index contributed by atoms with van der Waals surface area (Å²) >= 11 is 0. The normalized spacial score (nSPS) is 18.2. The Hall–Kier alpha value is -2.71. The van der Waals surface area contributed by atoms with Crippen LogP contribution in [0.4, 0.5) is 0 Å². The summed E-state index contributed by atoms with van der Waals surface area (Å²) in [6.07, 6.45) is 5.07. The van der Waals surface area contributed by atoms with Crippen molar-refractivity contribution in [1.29, 1.82) is 0 Å². The topological polar surface area (TPSA) is 97.9 Å². The van der Waals surface area contributed by atoms with E-state index >= 15 is 0 Å². The summed E-state index contributed by atoms with van der Waals surface area (Å²) in [6, 6.07) is -0.509. The van der Waals surface area contributed by atoms with Crippen LogP contribution < -0.4 is 5.32 Å². The third-order valence-electron chi connectivity index (χ3n) is 4.14. The molecule has 0 spiro atoms. The number of likely N-dealkylation sites (tertiary alicyclic amines) is 1. The predicted octanol–water partition coefficient (Wildman–Crippen LogP) is 0.130. The molecule has 1 saturated heterocycles. The third kappa shape index (κ3) is 2.77. The second-order valence-corrected chi connectivity index (χ2v) is 6.85. The monoisotopic (exact) mass is 331 g/mol. The number of nitrogens with one attached hydrogen (secondary N) is 1. The van der Waals surface area contributed by atoms with E-state index in [-0.39, 0.29) is 17.4 Å². The van der Waals surface area contributed by atoms with Crippen molar-refractivity contribution >= 4 is 11.8 Å². The van der Waals surface area contributed by atoms with Crippen molar-refractivity contribution in [1.82, 2.24) is 34.8 Å². The molecule has 1 fully saturated rings. The molecular weight excluding hydrogens is 310 g/mol. The molecule has 1 atom stereocenters. The van der Waals surface area contributed by atoms with Gasteiger partial charge >= 0.3 is 0 Å². The average Bonchev–Trinajstić information content (AvgIpc) is 3.19. The number of hydrogen-bond donors (Lipinski definition) is 1. The fourth-order valence-electron chi connectivity index (χ4n) is 2.92. The van der Waals surface area contributed by atoms with Crippen LogP contribution in [0.25, 0.3) is 5.82 Å². The van der Waals surface area contributed by atoms with Crippen molar-refractivity contribution in [3.8, 4) is 5.82 Å². The first-order valence-electron chi connectivity index (χ1n) is 7.78. The van der Waals surface area contributed by atoms with Crippen molar-refractivity contribution in [3.05, 3.63) is 24.4 Å². The summed E-state index contributed by atoms with van der Waals surface area (Å²) in [5.74, 6) is 0.169. The molecule has 2 aromatic heterocycles. The number of rotatable bonds is 3. The lowest BCUT2D eigenvalue weighted by Crippen LogP contribution is -2.47. The van der Waals surface area contributed by atoms with Gasteiger partial charge in [-0.3, -0.25) is 18.8 Å². The van der Waals surface area contributed by atoms with Crippen molar-refractivity contribution in [3.63, 3.8) is 0 Å². The molecule has 1 N–H and O–H groups in total. The highest BCUT2D eigenvalue weighted by Gasteiger charge is 2.38. The zero-order valence-corrected chi connectivity index (χ0v) is 14.2. The smallest absolute Gasteiger partial charge is 0.257 e. The van der Waals surface area contributed by atoms with E-state index in [1.165, 1.54) is 18.9 Å². The van der Waals surface area contributed by atoms with Gasteiger partial charge in [0.25, 0.3) is 5.91 Å². The summed E-state index contributed by atoms with van der Waals surface area (Å²) in [7, 11) is 1.73. The van der Waals surface area contributed by atoms with E-state index in [9.17, 15) is 9.59 Å². The maximum Gasteiger partial charge on any atom is 0.257 e. The molecule has 1 aliphatic rings. The molecule has 0 radical (unpaired) electrons. The lowest BCUT2D eigenvalue weighted by Gasteiger charge is -2.32. The summed E-state index contributed by atoms with van der Waals surface area (Å²) in [5, 5.41) is 14.5. The third-order valence-corrected chi connectivity index (χ3v) is 4.14. The lowest BCUT2D eigenvalue weighted by molar-refractivity contribution is -0.133. The molecule has 128 valence electrons. The van der Waals surface area contributed by atoms with Crippen LogP contribution in [0.5, 0.6) is 0 Å².